The van der Waals surface area contributed by atoms with E-state index < -0.39 is 10.0 Å². The molecule has 0 aliphatic heterocycles. The largest absolute Gasteiger partial charge is 0.396 e. The van der Waals surface area contributed by atoms with E-state index >= 15 is 0 Å². The summed E-state index contributed by atoms with van der Waals surface area (Å²) in [6.45, 7) is 0.136. The van der Waals surface area contributed by atoms with Crippen LogP contribution in [0.4, 0.5) is 0 Å². The minimum Gasteiger partial charge on any atom is -0.396 e. The molecule has 104 valence electrons. The van der Waals surface area contributed by atoms with Crippen molar-refractivity contribution in [3.8, 4) is 0 Å². The van der Waals surface area contributed by atoms with Gasteiger partial charge in [0.2, 0.25) is 10.0 Å². The van der Waals surface area contributed by atoms with Gasteiger partial charge in [-0.1, -0.05) is 18.2 Å². The second-order valence-corrected chi connectivity index (χ2v) is 7.33. The molecule has 2 fully saturated rings. The van der Waals surface area contributed by atoms with Gasteiger partial charge in [0.05, 0.1) is 4.90 Å². The van der Waals surface area contributed by atoms with E-state index in [9.17, 15) is 8.42 Å². The summed E-state index contributed by atoms with van der Waals surface area (Å²) < 4.78 is 27.4. The summed E-state index contributed by atoms with van der Waals surface area (Å²) in [7, 11) is -3.43. The van der Waals surface area contributed by atoms with Crippen molar-refractivity contribution in [1.29, 1.82) is 0 Å². The molecule has 19 heavy (non-hydrogen) atoms. The molecule has 2 N–H and O–H groups in total. The second-order valence-electron chi connectivity index (χ2n) is 5.61. The standard InChI is InChI=1S/C14H19NO3S/c16-7-6-12-13-8-10(13)9-14(12)15-19(17,18)11-4-2-1-3-5-11/h1-5,10,12-16H,6-9H2/t10-,12+,13?,14+/m0/s1. The lowest BCUT2D eigenvalue weighted by atomic mass is 9.96. The van der Waals surface area contributed by atoms with Crippen LogP contribution in [0.5, 0.6) is 0 Å². The van der Waals surface area contributed by atoms with Crippen molar-refractivity contribution in [3.05, 3.63) is 30.3 Å². The van der Waals surface area contributed by atoms with Crippen LogP contribution in [0.15, 0.2) is 35.2 Å². The van der Waals surface area contributed by atoms with Crippen molar-refractivity contribution in [1.82, 2.24) is 4.72 Å². The van der Waals surface area contributed by atoms with Gasteiger partial charge in [-0.15, -0.1) is 0 Å². The van der Waals surface area contributed by atoms with E-state index in [2.05, 4.69) is 4.72 Å². The topological polar surface area (TPSA) is 66.4 Å². The van der Waals surface area contributed by atoms with Gasteiger partial charge in [-0.2, -0.15) is 0 Å². The Bertz CT molecular complexity index is 543. The third kappa shape index (κ3) is 2.55. The van der Waals surface area contributed by atoms with E-state index in [1.807, 2.05) is 0 Å². The van der Waals surface area contributed by atoms with Crippen LogP contribution in [0, 0.1) is 17.8 Å². The van der Waals surface area contributed by atoms with Gasteiger partial charge in [0.15, 0.2) is 0 Å². The van der Waals surface area contributed by atoms with E-state index in [-0.39, 0.29) is 12.6 Å². The van der Waals surface area contributed by atoms with Gasteiger partial charge in [-0.3, -0.25) is 0 Å². The Labute approximate surface area is 113 Å². The fourth-order valence-electron chi connectivity index (χ4n) is 3.43. The van der Waals surface area contributed by atoms with E-state index in [0.29, 0.717) is 29.1 Å². The van der Waals surface area contributed by atoms with E-state index in [1.54, 1.807) is 30.3 Å². The highest BCUT2D eigenvalue weighted by atomic mass is 32.2. The maximum atomic E-state index is 12.3. The highest BCUT2D eigenvalue weighted by Gasteiger charge is 2.53. The lowest BCUT2D eigenvalue weighted by Gasteiger charge is -2.23. The SMILES string of the molecule is O=S(=O)(N[C@@H]1C[C@@H]2CC2[C@H]1CCO)c1ccccc1. The second kappa shape index (κ2) is 4.89. The Morgan fingerprint density at radius 1 is 1.21 bits per heavy atom. The molecule has 0 heterocycles. The number of benzene rings is 1. The van der Waals surface area contributed by atoms with E-state index in [4.69, 9.17) is 5.11 Å². The van der Waals surface area contributed by atoms with Crippen LogP contribution >= 0.6 is 0 Å². The fraction of sp³-hybridized carbons (Fsp3) is 0.571. The van der Waals surface area contributed by atoms with Crippen molar-refractivity contribution in [2.24, 2.45) is 17.8 Å². The van der Waals surface area contributed by atoms with Crippen LogP contribution in [0.2, 0.25) is 0 Å². The molecule has 0 bridgehead atoms. The lowest BCUT2D eigenvalue weighted by Crippen LogP contribution is -2.39. The molecule has 1 aromatic rings. The van der Waals surface area contributed by atoms with Crippen molar-refractivity contribution < 1.29 is 13.5 Å². The Balaban J connectivity index is 1.74. The van der Waals surface area contributed by atoms with Crippen LogP contribution in [0.3, 0.4) is 0 Å². The highest BCUT2D eigenvalue weighted by molar-refractivity contribution is 7.89. The molecule has 2 aliphatic rings. The summed E-state index contributed by atoms with van der Waals surface area (Å²) in [5, 5.41) is 9.12. The number of fused-ring (bicyclic) bond motifs is 1. The zero-order valence-electron chi connectivity index (χ0n) is 10.7. The average Bonchev–Trinajstić information content (AvgIpc) is 3.08. The summed E-state index contributed by atoms with van der Waals surface area (Å²) >= 11 is 0. The third-order valence-electron chi connectivity index (χ3n) is 4.42. The molecule has 0 amide bonds. The molecule has 0 radical (unpaired) electrons. The maximum Gasteiger partial charge on any atom is 0.240 e. The fourth-order valence-corrected chi connectivity index (χ4v) is 4.75. The number of rotatable bonds is 5. The van der Waals surface area contributed by atoms with Crippen LogP contribution < -0.4 is 4.72 Å². The molecule has 0 spiro atoms. The molecule has 1 aromatic carbocycles. The zero-order valence-corrected chi connectivity index (χ0v) is 11.5. The summed E-state index contributed by atoms with van der Waals surface area (Å²) in [4.78, 5) is 0.318. The first kappa shape index (κ1) is 13.1. The number of hydrogen-bond acceptors (Lipinski definition) is 3. The smallest absolute Gasteiger partial charge is 0.240 e. The van der Waals surface area contributed by atoms with E-state index in [1.165, 1.54) is 6.42 Å². The minimum atomic E-state index is -3.43. The summed E-state index contributed by atoms with van der Waals surface area (Å²) in [6, 6.07) is 8.47. The quantitative estimate of drug-likeness (QED) is 0.856. The molecule has 2 aliphatic carbocycles. The molecule has 0 saturated heterocycles. The van der Waals surface area contributed by atoms with Gasteiger partial charge >= 0.3 is 0 Å². The Morgan fingerprint density at radius 2 is 1.95 bits per heavy atom. The molecule has 5 heteroatoms. The predicted molar refractivity (Wildman–Crippen MR) is 72.0 cm³/mol. The first-order valence-electron chi connectivity index (χ1n) is 6.80. The Morgan fingerprint density at radius 3 is 2.63 bits per heavy atom. The first-order chi connectivity index (χ1) is 9.12. The minimum absolute atomic E-state index is 0.0129. The normalized spacial score (nSPS) is 33.1. The Hall–Kier alpha value is -0.910. The van der Waals surface area contributed by atoms with Gasteiger partial charge in [0.1, 0.15) is 0 Å². The molecule has 1 unspecified atom stereocenters. The Kier molecular flexibility index (Phi) is 3.37. The molecular weight excluding hydrogens is 262 g/mol. The van der Waals surface area contributed by atoms with Crippen LogP contribution in [-0.4, -0.2) is 26.2 Å². The zero-order chi connectivity index (χ0) is 13.5. The third-order valence-corrected chi connectivity index (χ3v) is 5.93. The first-order valence-corrected chi connectivity index (χ1v) is 8.28. The molecule has 3 rings (SSSR count). The number of aliphatic hydroxyl groups is 1. The average molecular weight is 281 g/mol. The number of aliphatic hydroxyl groups excluding tert-OH is 1. The van der Waals surface area contributed by atoms with Gasteiger partial charge in [-0.25, -0.2) is 13.1 Å². The molecule has 4 atom stereocenters. The molecule has 4 nitrogen and oxygen atoms in total. The summed E-state index contributed by atoms with van der Waals surface area (Å²) in [5.41, 5.74) is 0. The highest BCUT2D eigenvalue weighted by Crippen LogP contribution is 2.56. The van der Waals surface area contributed by atoms with Gasteiger partial charge < -0.3 is 5.11 Å². The molecular formula is C14H19NO3S. The van der Waals surface area contributed by atoms with Crippen molar-refractivity contribution >= 4 is 10.0 Å². The van der Waals surface area contributed by atoms with Crippen LogP contribution in [0.1, 0.15) is 19.3 Å². The summed E-state index contributed by atoms with van der Waals surface area (Å²) in [6.07, 6.45) is 2.82. The lowest BCUT2D eigenvalue weighted by molar-refractivity contribution is 0.235. The molecule has 0 aromatic heterocycles. The van der Waals surface area contributed by atoms with Gasteiger partial charge in [0, 0.05) is 12.6 Å². The van der Waals surface area contributed by atoms with Crippen molar-refractivity contribution in [2.75, 3.05) is 6.61 Å². The van der Waals surface area contributed by atoms with Gasteiger partial charge in [0.25, 0.3) is 0 Å². The maximum absolute atomic E-state index is 12.3. The van der Waals surface area contributed by atoms with E-state index in [0.717, 1.165) is 6.42 Å². The molecule has 2 saturated carbocycles. The summed E-state index contributed by atoms with van der Waals surface area (Å²) in [5.74, 6) is 1.59. The monoisotopic (exact) mass is 281 g/mol. The number of hydrogen-bond donors (Lipinski definition) is 2. The number of nitrogens with one attached hydrogen (secondary N) is 1. The van der Waals surface area contributed by atoms with Crippen LogP contribution in [-0.2, 0) is 10.0 Å². The van der Waals surface area contributed by atoms with Crippen LogP contribution in [0.25, 0.3) is 0 Å². The van der Waals surface area contributed by atoms with Crippen molar-refractivity contribution in [2.45, 2.75) is 30.2 Å². The van der Waals surface area contributed by atoms with Gasteiger partial charge in [-0.05, 0) is 49.1 Å². The predicted octanol–water partition coefficient (Wildman–Crippen LogP) is 1.37. The van der Waals surface area contributed by atoms with Crippen molar-refractivity contribution in [3.63, 3.8) is 0 Å². The number of sulfonamides is 1.